The molecule has 1 unspecified atom stereocenters. The van der Waals surface area contributed by atoms with Gasteiger partial charge in [-0.3, -0.25) is 0 Å². The van der Waals surface area contributed by atoms with E-state index in [4.69, 9.17) is 4.74 Å². The Labute approximate surface area is 119 Å². The van der Waals surface area contributed by atoms with Crippen molar-refractivity contribution in [3.63, 3.8) is 0 Å². The molecule has 0 aliphatic heterocycles. The first-order chi connectivity index (χ1) is 9.46. The molecule has 0 radical (unpaired) electrons. The van der Waals surface area contributed by atoms with Crippen LogP contribution < -0.4 is 4.72 Å². The average molecular weight is 301 g/mol. The van der Waals surface area contributed by atoms with E-state index in [0.717, 1.165) is 0 Å². The Morgan fingerprint density at radius 3 is 2.50 bits per heavy atom. The van der Waals surface area contributed by atoms with Gasteiger partial charge >= 0.3 is 5.97 Å². The smallest absolute Gasteiger partial charge is 0.339 e. The Balaban J connectivity index is 3.12. The number of carbonyl (C=O) groups is 1. The van der Waals surface area contributed by atoms with Crippen LogP contribution in [0.5, 0.6) is 0 Å². The van der Waals surface area contributed by atoms with Gasteiger partial charge in [-0.05, 0) is 18.6 Å². The summed E-state index contributed by atoms with van der Waals surface area (Å²) in [6.45, 7) is 2.11. The molecule has 0 heterocycles. The summed E-state index contributed by atoms with van der Waals surface area (Å²) in [7, 11) is -1.10. The third kappa shape index (κ3) is 4.03. The highest BCUT2D eigenvalue weighted by Gasteiger charge is 2.24. The van der Waals surface area contributed by atoms with E-state index in [1.54, 1.807) is 12.1 Å². The molecule has 0 aromatic heterocycles. The minimum atomic E-state index is -3.81. The molecule has 20 heavy (non-hydrogen) atoms. The van der Waals surface area contributed by atoms with Crippen molar-refractivity contribution in [1.29, 1.82) is 0 Å². The van der Waals surface area contributed by atoms with Gasteiger partial charge in [0, 0.05) is 13.2 Å². The lowest BCUT2D eigenvalue weighted by atomic mass is 10.2. The van der Waals surface area contributed by atoms with Crippen LogP contribution in [-0.4, -0.2) is 41.3 Å². The minimum absolute atomic E-state index is 0.00905. The number of benzene rings is 1. The van der Waals surface area contributed by atoms with E-state index in [2.05, 4.69) is 9.46 Å². The van der Waals surface area contributed by atoms with Crippen molar-refractivity contribution in [3.8, 4) is 0 Å². The number of carbonyl (C=O) groups excluding carboxylic acids is 1. The minimum Gasteiger partial charge on any atom is -0.465 e. The zero-order valence-corrected chi connectivity index (χ0v) is 12.6. The molecular weight excluding hydrogens is 282 g/mol. The van der Waals surface area contributed by atoms with Crippen LogP contribution in [0.2, 0.25) is 0 Å². The summed E-state index contributed by atoms with van der Waals surface area (Å²) in [6.07, 6.45) is 0.577. The molecule has 0 aliphatic rings. The number of hydrogen-bond donors (Lipinski definition) is 1. The first kappa shape index (κ1) is 16.6. The second-order valence-corrected chi connectivity index (χ2v) is 5.85. The van der Waals surface area contributed by atoms with Gasteiger partial charge in [0.2, 0.25) is 10.0 Å². The fourth-order valence-corrected chi connectivity index (χ4v) is 3.20. The molecule has 0 aliphatic carbocycles. The summed E-state index contributed by atoms with van der Waals surface area (Å²) in [4.78, 5) is 11.5. The second kappa shape index (κ2) is 7.37. The van der Waals surface area contributed by atoms with Gasteiger partial charge in [0.25, 0.3) is 0 Å². The van der Waals surface area contributed by atoms with Crippen LogP contribution >= 0.6 is 0 Å². The predicted molar refractivity (Wildman–Crippen MR) is 74.1 cm³/mol. The standard InChI is InChI=1S/C13H19NO5S/c1-4-10(9-18-2)14-20(16,17)12-8-6-5-7-11(12)13(15)19-3/h5-8,10,14H,4,9H2,1-3H3. The molecule has 0 bridgehead atoms. The van der Waals surface area contributed by atoms with Crippen molar-refractivity contribution >= 4 is 16.0 Å². The van der Waals surface area contributed by atoms with Crippen LogP contribution in [0.25, 0.3) is 0 Å². The van der Waals surface area contributed by atoms with E-state index in [9.17, 15) is 13.2 Å². The molecule has 0 amide bonds. The lowest BCUT2D eigenvalue weighted by Gasteiger charge is -2.17. The Morgan fingerprint density at radius 1 is 1.30 bits per heavy atom. The van der Waals surface area contributed by atoms with Crippen molar-refractivity contribution < 1.29 is 22.7 Å². The quantitative estimate of drug-likeness (QED) is 0.765. The SMILES string of the molecule is CCC(COC)NS(=O)(=O)c1ccccc1C(=O)OC. The number of ether oxygens (including phenoxy) is 2. The molecule has 0 spiro atoms. The summed E-state index contributed by atoms with van der Waals surface area (Å²) >= 11 is 0. The molecule has 1 N–H and O–H groups in total. The van der Waals surface area contributed by atoms with Crippen LogP contribution in [0.4, 0.5) is 0 Å². The molecule has 1 rings (SSSR count). The summed E-state index contributed by atoms with van der Waals surface area (Å²) in [6, 6.07) is 5.57. The third-order valence-electron chi connectivity index (χ3n) is 2.76. The van der Waals surface area contributed by atoms with Gasteiger partial charge in [-0.1, -0.05) is 19.1 Å². The van der Waals surface area contributed by atoms with Crippen molar-refractivity contribution in [2.24, 2.45) is 0 Å². The fourth-order valence-electron chi connectivity index (χ4n) is 1.70. The number of rotatable bonds is 7. The maximum atomic E-state index is 12.3. The second-order valence-electron chi connectivity index (χ2n) is 4.17. The van der Waals surface area contributed by atoms with Gasteiger partial charge in [-0.25, -0.2) is 17.9 Å². The molecule has 112 valence electrons. The Bertz CT molecular complexity index is 556. The van der Waals surface area contributed by atoms with Gasteiger partial charge in [0.05, 0.1) is 24.2 Å². The van der Waals surface area contributed by atoms with Crippen LogP contribution in [0.3, 0.4) is 0 Å². The number of methoxy groups -OCH3 is 2. The highest BCUT2D eigenvalue weighted by molar-refractivity contribution is 7.89. The van der Waals surface area contributed by atoms with Crippen LogP contribution in [-0.2, 0) is 19.5 Å². The predicted octanol–water partition coefficient (Wildman–Crippen LogP) is 1.18. The number of hydrogen-bond acceptors (Lipinski definition) is 5. The number of esters is 1. The molecule has 0 saturated carbocycles. The highest BCUT2D eigenvalue weighted by Crippen LogP contribution is 2.17. The van der Waals surface area contributed by atoms with E-state index in [1.165, 1.54) is 26.4 Å². The van der Waals surface area contributed by atoms with Crippen molar-refractivity contribution in [2.75, 3.05) is 20.8 Å². The molecule has 0 saturated heterocycles. The van der Waals surface area contributed by atoms with E-state index in [-0.39, 0.29) is 23.1 Å². The molecule has 7 heteroatoms. The molecule has 0 fully saturated rings. The van der Waals surface area contributed by atoms with Gasteiger partial charge < -0.3 is 9.47 Å². The Morgan fingerprint density at radius 2 is 1.95 bits per heavy atom. The monoisotopic (exact) mass is 301 g/mol. The van der Waals surface area contributed by atoms with Gasteiger partial charge in [0.1, 0.15) is 0 Å². The average Bonchev–Trinajstić information content (AvgIpc) is 2.45. The van der Waals surface area contributed by atoms with Crippen LogP contribution in [0, 0.1) is 0 Å². The van der Waals surface area contributed by atoms with Gasteiger partial charge in [-0.2, -0.15) is 0 Å². The van der Waals surface area contributed by atoms with Gasteiger partial charge in [-0.15, -0.1) is 0 Å². The topological polar surface area (TPSA) is 81.7 Å². The van der Waals surface area contributed by atoms with Crippen molar-refractivity contribution in [2.45, 2.75) is 24.3 Å². The highest BCUT2D eigenvalue weighted by atomic mass is 32.2. The summed E-state index contributed by atoms with van der Waals surface area (Å²) in [5.41, 5.74) is 0.00905. The largest absolute Gasteiger partial charge is 0.465 e. The number of nitrogens with one attached hydrogen (secondary N) is 1. The lowest BCUT2D eigenvalue weighted by molar-refractivity contribution is 0.0596. The van der Waals surface area contributed by atoms with Crippen LogP contribution in [0.1, 0.15) is 23.7 Å². The van der Waals surface area contributed by atoms with Crippen molar-refractivity contribution in [1.82, 2.24) is 4.72 Å². The van der Waals surface area contributed by atoms with E-state index >= 15 is 0 Å². The molecule has 1 aromatic carbocycles. The van der Waals surface area contributed by atoms with Crippen molar-refractivity contribution in [3.05, 3.63) is 29.8 Å². The summed E-state index contributed by atoms with van der Waals surface area (Å²) in [5, 5.41) is 0. The maximum Gasteiger partial charge on any atom is 0.339 e. The molecular formula is C13H19NO5S. The fraction of sp³-hybridized carbons (Fsp3) is 0.462. The summed E-state index contributed by atoms with van der Waals surface area (Å²) in [5.74, 6) is -0.689. The van der Waals surface area contributed by atoms with Gasteiger partial charge in [0.15, 0.2) is 0 Å². The third-order valence-corrected chi connectivity index (χ3v) is 4.34. The number of sulfonamides is 1. The first-order valence-electron chi connectivity index (χ1n) is 6.14. The zero-order valence-electron chi connectivity index (χ0n) is 11.8. The van der Waals surface area contributed by atoms with Crippen LogP contribution in [0.15, 0.2) is 29.2 Å². The first-order valence-corrected chi connectivity index (χ1v) is 7.63. The molecule has 1 aromatic rings. The Kier molecular flexibility index (Phi) is 6.12. The zero-order chi connectivity index (χ0) is 15.2. The maximum absolute atomic E-state index is 12.3. The van der Waals surface area contributed by atoms with E-state index < -0.39 is 16.0 Å². The van der Waals surface area contributed by atoms with E-state index in [1.807, 2.05) is 6.92 Å². The normalized spacial score (nSPS) is 12.9. The summed E-state index contributed by atoms with van der Waals surface area (Å²) < 4.78 is 36.8. The Hall–Kier alpha value is -1.44. The lowest BCUT2D eigenvalue weighted by Crippen LogP contribution is -2.38. The van der Waals surface area contributed by atoms with E-state index in [0.29, 0.717) is 6.42 Å². The molecule has 1 atom stereocenters. The molecule has 6 nitrogen and oxygen atoms in total.